The van der Waals surface area contributed by atoms with Crippen LogP contribution in [-0.2, 0) is 0 Å². The van der Waals surface area contributed by atoms with Crippen molar-refractivity contribution in [2.24, 2.45) is 4.99 Å². The van der Waals surface area contributed by atoms with Crippen molar-refractivity contribution in [2.45, 2.75) is 0 Å². The average molecular weight is 119 g/mol. The fourth-order valence-electron chi connectivity index (χ4n) is 0.841. The lowest BCUT2D eigenvalue weighted by molar-refractivity contribution is 1.07. The molecule has 0 saturated carbocycles. The first-order chi connectivity index (χ1) is 4.47. The van der Waals surface area contributed by atoms with E-state index in [1.807, 2.05) is 6.08 Å². The molecule has 0 bridgehead atoms. The van der Waals surface area contributed by atoms with Crippen LogP contribution in [0.3, 0.4) is 0 Å². The first-order valence-corrected chi connectivity index (χ1v) is 2.77. The highest BCUT2D eigenvalue weighted by Crippen LogP contribution is 1.72. The smallest absolute Gasteiger partial charge is 0.116 e. The predicted molar refractivity (Wildman–Crippen MR) is 32.1 cm³/mol. The molecule has 0 saturated heterocycles. The monoisotopic (exact) mass is 119 g/mol. The van der Waals surface area contributed by atoms with E-state index >= 15 is 0 Å². The Hall–Kier alpha value is -1.25. The van der Waals surface area contributed by atoms with Gasteiger partial charge in [-0.2, -0.15) is 0 Å². The average Bonchev–Trinajstić information content (AvgIpc) is 2.33. The number of aromatic nitrogens is 2. The lowest BCUT2D eigenvalue weighted by Crippen LogP contribution is -2.24. The summed E-state index contributed by atoms with van der Waals surface area (Å²) in [5, 5.41) is 1.88. The molecule has 2 heterocycles. The first kappa shape index (κ1) is 4.61. The fraction of sp³-hybridized carbons (Fsp3) is 0.167. The summed E-state index contributed by atoms with van der Waals surface area (Å²) in [6.07, 6.45) is 5.25. The van der Waals surface area contributed by atoms with E-state index in [4.69, 9.17) is 0 Å². The third-order valence-electron chi connectivity index (χ3n) is 1.27. The quantitative estimate of drug-likeness (QED) is 0.434. The van der Waals surface area contributed by atoms with Gasteiger partial charge in [0.2, 0.25) is 0 Å². The standard InChI is InChI=1S/C6H5N3/c1-2-8-6-3-7-4-9-5(1)6/h1,3-4H,2H2. The van der Waals surface area contributed by atoms with E-state index in [1.54, 1.807) is 6.20 Å². The molecule has 0 atom stereocenters. The van der Waals surface area contributed by atoms with E-state index in [-0.39, 0.29) is 0 Å². The molecular weight excluding hydrogens is 114 g/mol. The van der Waals surface area contributed by atoms with Crippen LogP contribution < -0.4 is 10.7 Å². The highest BCUT2D eigenvalue weighted by atomic mass is 14.9. The summed E-state index contributed by atoms with van der Waals surface area (Å²) < 4.78 is 0. The van der Waals surface area contributed by atoms with Gasteiger partial charge < -0.3 is 0 Å². The van der Waals surface area contributed by atoms with Gasteiger partial charge in [-0.05, 0) is 6.08 Å². The van der Waals surface area contributed by atoms with Crippen LogP contribution in [0, 0.1) is 0 Å². The summed E-state index contributed by atoms with van der Waals surface area (Å²) in [6, 6.07) is 0. The van der Waals surface area contributed by atoms with E-state index in [1.165, 1.54) is 6.33 Å². The SMILES string of the molecule is C1=c2ncncc2=NC1. The molecule has 0 unspecified atom stereocenters. The molecule has 3 heteroatoms. The second-order valence-electron chi connectivity index (χ2n) is 1.84. The molecule has 44 valence electrons. The molecule has 0 aliphatic carbocycles. The topological polar surface area (TPSA) is 38.1 Å². The summed E-state index contributed by atoms with van der Waals surface area (Å²) in [6.45, 7) is 0.758. The first-order valence-electron chi connectivity index (χ1n) is 2.77. The molecule has 1 aromatic heterocycles. The van der Waals surface area contributed by atoms with E-state index < -0.39 is 0 Å². The molecule has 1 aromatic rings. The zero-order valence-corrected chi connectivity index (χ0v) is 4.78. The Bertz CT molecular complexity index is 295. The Balaban J connectivity index is 2.97. The number of hydrogen-bond donors (Lipinski definition) is 0. The van der Waals surface area contributed by atoms with Crippen LogP contribution in [0.5, 0.6) is 0 Å². The molecule has 0 radical (unpaired) electrons. The van der Waals surface area contributed by atoms with Gasteiger partial charge in [0, 0.05) is 0 Å². The maximum atomic E-state index is 4.12. The minimum Gasteiger partial charge on any atom is -0.277 e. The molecule has 1 aliphatic rings. The number of hydrogen-bond acceptors (Lipinski definition) is 3. The predicted octanol–water partition coefficient (Wildman–Crippen LogP) is -1.11. The lowest BCUT2D eigenvalue weighted by Gasteiger charge is -1.77. The van der Waals surface area contributed by atoms with Gasteiger partial charge in [-0.15, -0.1) is 0 Å². The maximum absolute atomic E-state index is 4.12. The van der Waals surface area contributed by atoms with Crippen LogP contribution in [-0.4, -0.2) is 16.5 Å². The fourth-order valence-corrected chi connectivity index (χ4v) is 0.841. The van der Waals surface area contributed by atoms with Gasteiger partial charge in [-0.3, -0.25) is 4.99 Å². The maximum Gasteiger partial charge on any atom is 0.116 e. The van der Waals surface area contributed by atoms with Crippen molar-refractivity contribution in [3.8, 4) is 0 Å². The van der Waals surface area contributed by atoms with Crippen molar-refractivity contribution in [3.05, 3.63) is 23.2 Å². The van der Waals surface area contributed by atoms with Crippen LogP contribution in [0.2, 0.25) is 0 Å². The van der Waals surface area contributed by atoms with E-state index in [9.17, 15) is 0 Å². The number of rotatable bonds is 0. The Labute approximate surface area is 51.8 Å². The molecule has 0 spiro atoms. The molecule has 0 amide bonds. The Morgan fingerprint density at radius 3 is 3.33 bits per heavy atom. The van der Waals surface area contributed by atoms with Crippen molar-refractivity contribution >= 4 is 6.08 Å². The third kappa shape index (κ3) is 0.614. The van der Waals surface area contributed by atoms with Gasteiger partial charge in [0.15, 0.2) is 0 Å². The van der Waals surface area contributed by atoms with E-state index in [0.717, 1.165) is 17.3 Å². The van der Waals surface area contributed by atoms with Crippen LogP contribution in [0.1, 0.15) is 0 Å². The van der Waals surface area contributed by atoms with Gasteiger partial charge in [0.25, 0.3) is 0 Å². The molecule has 0 fully saturated rings. The highest BCUT2D eigenvalue weighted by Gasteiger charge is 1.91. The molecule has 0 aromatic carbocycles. The van der Waals surface area contributed by atoms with Gasteiger partial charge in [-0.1, -0.05) is 0 Å². The summed E-state index contributed by atoms with van der Waals surface area (Å²) in [5.74, 6) is 0. The Morgan fingerprint density at radius 2 is 2.44 bits per heavy atom. The second-order valence-corrected chi connectivity index (χ2v) is 1.84. The van der Waals surface area contributed by atoms with Gasteiger partial charge >= 0.3 is 0 Å². The van der Waals surface area contributed by atoms with Gasteiger partial charge in [-0.25, -0.2) is 9.97 Å². The minimum absolute atomic E-state index is 0.758. The molecule has 2 rings (SSSR count). The number of nitrogens with zero attached hydrogens (tertiary/aromatic N) is 3. The summed E-state index contributed by atoms with van der Waals surface area (Å²) in [4.78, 5) is 11.9. The molecule has 1 aliphatic heterocycles. The summed E-state index contributed by atoms with van der Waals surface area (Å²) in [7, 11) is 0. The Kier molecular flexibility index (Phi) is 0.828. The molecule has 9 heavy (non-hydrogen) atoms. The van der Waals surface area contributed by atoms with Crippen molar-refractivity contribution in [3.63, 3.8) is 0 Å². The lowest BCUT2D eigenvalue weighted by atomic mass is 10.5. The number of fused-ring (bicyclic) bond motifs is 1. The van der Waals surface area contributed by atoms with Crippen LogP contribution in [0.25, 0.3) is 6.08 Å². The van der Waals surface area contributed by atoms with Gasteiger partial charge in [0.05, 0.1) is 18.1 Å². The third-order valence-corrected chi connectivity index (χ3v) is 1.27. The Morgan fingerprint density at radius 1 is 1.44 bits per heavy atom. The molecule has 3 nitrogen and oxygen atoms in total. The zero-order chi connectivity index (χ0) is 6.10. The molecular formula is C6H5N3. The summed E-state index contributed by atoms with van der Waals surface area (Å²) >= 11 is 0. The van der Waals surface area contributed by atoms with Crippen molar-refractivity contribution in [1.82, 2.24) is 9.97 Å². The second kappa shape index (κ2) is 1.62. The van der Waals surface area contributed by atoms with Crippen molar-refractivity contribution in [1.29, 1.82) is 0 Å². The van der Waals surface area contributed by atoms with E-state index in [2.05, 4.69) is 15.0 Å². The van der Waals surface area contributed by atoms with Crippen LogP contribution in [0.15, 0.2) is 17.5 Å². The summed E-state index contributed by atoms with van der Waals surface area (Å²) in [5.41, 5.74) is 0. The van der Waals surface area contributed by atoms with Crippen molar-refractivity contribution < 1.29 is 0 Å². The zero-order valence-electron chi connectivity index (χ0n) is 4.78. The van der Waals surface area contributed by atoms with Crippen LogP contribution >= 0.6 is 0 Å². The minimum atomic E-state index is 0.758. The van der Waals surface area contributed by atoms with Crippen LogP contribution in [0.4, 0.5) is 0 Å². The van der Waals surface area contributed by atoms with Crippen molar-refractivity contribution in [2.75, 3.05) is 6.54 Å². The largest absolute Gasteiger partial charge is 0.277 e. The highest BCUT2D eigenvalue weighted by molar-refractivity contribution is 5.23. The molecule has 0 N–H and O–H groups in total. The van der Waals surface area contributed by atoms with E-state index in [0.29, 0.717) is 0 Å². The normalized spacial score (nSPS) is 13.8. The van der Waals surface area contributed by atoms with Gasteiger partial charge in [0.1, 0.15) is 11.7 Å².